The Labute approximate surface area is 171 Å². The van der Waals surface area contributed by atoms with Crippen molar-refractivity contribution in [1.82, 2.24) is 24.5 Å². The molecule has 0 atom stereocenters. The van der Waals surface area contributed by atoms with Gasteiger partial charge in [0.2, 0.25) is 5.91 Å². The van der Waals surface area contributed by atoms with Crippen LogP contribution in [0.4, 0.5) is 4.79 Å². The van der Waals surface area contributed by atoms with Gasteiger partial charge in [-0.1, -0.05) is 30.3 Å². The fourth-order valence-electron chi connectivity index (χ4n) is 4.66. The van der Waals surface area contributed by atoms with Crippen molar-refractivity contribution in [2.45, 2.75) is 31.2 Å². The maximum atomic E-state index is 13.1. The molecule has 0 unspecified atom stereocenters. The van der Waals surface area contributed by atoms with Gasteiger partial charge in [0.25, 0.3) is 0 Å². The highest BCUT2D eigenvalue weighted by molar-refractivity contribution is 5.79. The monoisotopic (exact) mass is 395 g/mol. The second kappa shape index (κ2) is 7.54. The fourth-order valence-corrected chi connectivity index (χ4v) is 4.66. The van der Waals surface area contributed by atoms with Crippen LogP contribution in [-0.2, 0) is 30.2 Å². The fraction of sp³-hybridized carbons (Fsp3) is 0.500. The summed E-state index contributed by atoms with van der Waals surface area (Å²) in [5, 5.41) is 4.78. The van der Waals surface area contributed by atoms with Gasteiger partial charge in [-0.05, 0) is 18.4 Å². The molecule has 154 valence electrons. The molecule has 3 amide bonds. The van der Waals surface area contributed by atoms with E-state index in [4.69, 9.17) is 5.10 Å². The SMILES string of the molecule is CN(C)C(=O)N1CCC2(CC1)CN(C(=O)Cc1ccccc1)Cc1cn(C)nc12. The maximum absolute atomic E-state index is 13.1. The first kappa shape index (κ1) is 19.5. The summed E-state index contributed by atoms with van der Waals surface area (Å²) in [6.07, 6.45) is 4.10. The van der Waals surface area contributed by atoms with Crippen LogP contribution in [-0.4, -0.2) is 70.1 Å². The highest BCUT2D eigenvalue weighted by Gasteiger charge is 2.46. The van der Waals surface area contributed by atoms with Crippen molar-refractivity contribution in [3.8, 4) is 0 Å². The summed E-state index contributed by atoms with van der Waals surface area (Å²) >= 11 is 0. The average molecular weight is 396 g/mol. The number of likely N-dealkylation sites (tertiary alicyclic amines) is 1. The van der Waals surface area contributed by atoms with Crippen LogP contribution in [0, 0.1) is 0 Å². The van der Waals surface area contributed by atoms with Crippen LogP contribution in [0.15, 0.2) is 36.5 Å². The number of aromatic nitrogens is 2. The third-order valence-electron chi connectivity index (χ3n) is 6.19. The number of carbonyl (C=O) groups excluding carboxylic acids is 2. The molecule has 2 aliphatic heterocycles. The molecular formula is C22H29N5O2. The zero-order valence-electron chi connectivity index (χ0n) is 17.5. The first-order valence-corrected chi connectivity index (χ1v) is 10.2. The van der Waals surface area contributed by atoms with E-state index in [-0.39, 0.29) is 17.4 Å². The number of benzene rings is 1. The molecule has 1 aromatic heterocycles. The number of hydrogen-bond acceptors (Lipinski definition) is 3. The highest BCUT2D eigenvalue weighted by atomic mass is 16.2. The van der Waals surface area contributed by atoms with Crippen LogP contribution in [0.3, 0.4) is 0 Å². The lowest BCUT2D eigenvalue weighted by atomic mass is 9.72. The second-order valence-electron chi connectivity index (χ2n) is 8.53. The zero-order valence-corrected chi connectivity index (χ0v) is 17.5. The van der Waals surface area contributed by atoms with Gasteiger partial charge in [0, 0.05) is 64.5 Å². The van der Waals surface area contributed by atoms with Crippen LogP contribution >= 0.6 is 0 Å². The van der Waals surface area contributed by atoms with Crippen molar-refractivity contribution in [2.24, 2.45) is 7.05 Å². The molecule has 0 saturated carbocycles. The van der Waals surface area contributed by atoms with Crippen molar-refractivity contribution in [2.75, 3.05) is 33.7 Å². The molecule has 4 rings (SSSR count). The van der Waals surface area contributed by atoms with E-state index < -0.39 is 0 Å². The van der Waals surface area contributed by atoms with Gasteiger partial charge in [-0.3, -0.25) is 9.48 Å². The van der Waals surface area contributed by atoms with Gasteiger partial charge in [-0.2, -0.15) is 5.10 Å². The van der Waals surface area contributed by atoms with E-state index >= 15 is 0 Å². The topological polar surface area (TPSA) is 61.7 Å². The molecule has 7 heteroatoms. The van der Waals surface area contributed by atoms with E-state index in [2.05, 4.69) is 0 Å². The Bertz CT molecular complexity index is 897. The van der Waals surface area contributed by atoms with Crippen LogP contribution < -0.4 is 0 Å². The Morgan fingerprint density at radius 1 is 1.10 bits per heavy atom. The average Bonchev–Trinajstić information content (AvgIpc) is 3.10. The molecule has 2 aromatic rings. The molecule has 0 N–H and O–H groups in total. The van der Waals surface area contributed by atoms with Gasteiger partial charge in [0.1, 0.15) is 0 Å². The minimum Gasteiger partial charge on any atom is -0.337 e. The van der Waals surface area contributed by atoms with E-state index in [1.807, 2.05) is 58.1 Å². The van der Waals surface area contributed by atoms with E-state index in [0.717, 1.165) is 29.7 Å². The number of amides is 3. The molecule has 0 bridgehead atoms. The smallest absolute Gasteiger partial charge is 0.319 e. The van der Waals surface area contributed by atoms with Gasteiger partial charge in [0.05, 0.1) is 12.1 Å². The first-order valence-electron chi connectivity index (χ1n) is 10.2. The number of piperidine rings is 1. The molecule has 0 radical (unpaired) electrons. The van der Waals surface area contributed by atoms with Gasteiger partial charge >= 0.3 is 6.03 Å². The van der Waals surface area contributed by atoms with E-state index in [1.165, 1.54) is 0 Å². The predicted molar refractivity (Wildman–Crippen MR) is 110 cm³/mol. The molecule has 2 aliphatic rings. The Morgan fingerprint density at radius 3 is 2.45 bits per heavy atom. The Hall–Kier alpha value is -2.83. The van der Waals surface area contributed by atoms with E-state index in [0.29, 0.717) is 32.6 Å². The summed E-state index contributed by atoms with van der Waals surface area (Å²) in [6.45, 7) is 2.66. The van der Waals surface area contributed by atoms with Crippen LogP contribution in [0.5, 0.6) is 0 Å². The van der Waals surface area contributed by atoms with Crippen molar-refractivity contribution in [3.63, 3.8) is 0 Å². The van der Waals surface area contributed by atoms with Gasteiger partial charge in [-0.15, -0.1) is 0 Å². The largest absolute Gasteiger partial charge is 0.337 e. The zero-order chi connectivity index (χ0) is 20.6. The number of rotatable bonds is 2. The lowest BCUT2D eigenvalue weighted by molar-refractivity contribution is -0.133. The molecule has 1 spiro atoms. The molecule has 1 fully saturated rings. The highest BCUT2D eigenvalue weighted by Crippen LogP contribution is 2.41. The predicted octanol–water partition coefficient (Wildman–Crippen LogP) is 2.02. The lowest BCUT2D eigenvalue weighted by Crippen LogP contribution is -2.55. The lowest BCUT2D eigenvalue weighted by Gasteiger charge is -2.47. The Morgan fingerprint density at radius 2 is 1.79 bits per heavy atom. The number of fused-ring (bicyclic) bond motifs is 2. The number of aryl methyl sites for hydroxylation is 1. The maximum Gasteiger partial charge on any atom is 0.319 e. The first-order chi connectivity index (χ1) is 13.9. The Kier molecular flexibility index (Phi) is 5.06. The van der Waals surface area contributed by atoms with Crippen LogP contribution in [0.2, 0.25) is 0 Å². The normalized spacial score (nSPS) is 17.9. The van der Waals surface area contributed by atoms with Crippen molar-refractivity contribution >= 4 is 11.9 Å². The van der Waals surface area contributed by atoms with E-state index in [9.17, 15) is 9.59 Å². The number of hydrogen-bond donors (Lipinski definition) is 0. The molecule has 29 heavy (non-hydrogen) atoms. The number of carbonyl (C=O) groups is 2. The van der Waals surface area contributed by atoms with Crippen LogP contribution in [0.1, 0.15) is 29.7 Å². The molecule has 0 aliphatic carbocycles. The third-order valence-corrected chi connectivity index (χ3v) is 6.19. The number of urea groups is 1. The standard InChI is InChI=1S/C22H29N5O2/c1-24(2)21(29)26-11-9-22(10-12-26)16-27(15-18-14-25(3)23-20(18)22)19(28)13-17-7-5-4-6-8-17/h4-8,14H,9-13,15-16H2,1-3H3. The summed E-state index contributed by atoms with van der Waals surface area (Å²) in [6, 6.07) is 9.95. The summed E-state index contributed by atoms with van der Waals surface area (Å²) in [4.78, 5) is 31.0. The second-order valence-corrected chi connectivity index (χ2v) is 8.53. The van der Waals surface area contributed by atoms with Crippen LogP contribution in [0.25, 0.3) is 0 Å². The molecule has 3 heterocycles. The molecule has 1 saturated heterocycles. The summed E-state index contributed by atoms with van der Waals surface area (Å²) < 4.78 is 1.86. The molecule has 7 nitrogen and oxygen atoms in total. The molecule has 1 aromatic carbocycles. The summed E-state index contributed by atoms with van der Waals surface area (Å²) in [7, 11) is 5.51. The summed E-state index contributed by atoms with van der Waals surface area (Å²) in [5.74, 6) is 0.150. The third kappa shape index (κ3) is 3.73. The minimum atomic E-state index is -0.176. The quantitative estimate of drug-likeness (QED) is 0.782. The Balaban J connectivity index is 1.56. The van der Waals surface area contributed by atoms with Gasteiger partial charge in [0.15, 0.2) is 0 Å². The van der Waals surface area contributed by atoms with Gasteiger partial charge < -0.3 is 14.7 Å². The van der Waals surface area contributed by atoms with E-state index in [1.54, 1.807) is 19.0 Å². The summed E-state index contributed by atoms with van der Waals surface area (Å²) in [5.41, 5.74) is 3.10. The van der Waals surface area contributed by atoms with Crippen molar-refractivity contribution < 1.29 is 9.59 Å². The van der Waals surface area contributed by atoms with Gasteiger partial charge in [-0.25, -0.2) is 4.79 Å². The molecular weight excluding hydrogens is 366 g/mol. The van der Waals surface area contributed by atoms with Crippen molar-refractivity contribution in [1.29, 1.82) is 0 Å². The minimum absolute atomic E-state index is 0.0499. The van der Waals surface area contributed by atoms with Crippen molar-refractivity contribution in [3.05, 3.63) is 53.3 Å². The number of nitrogens with zero attached hydrogens (tertiary/aromatic N) is 5.